The number of aliphatic hydroxyl groups is 1. The number of ether oxygens (including phenoxy) is 1. The third-order valence-electron chi connectivity index (χ3n) is 3.40. The van der Waals surface area contributed by atoms with Crippen molar-refractivity contribution in [3.63, 3.8) is 0 Å². The smallest absolute Gasteiger partial charge is 0.311 e. The quantitative estimate of drug-likeness (QED) is 0.817. The van der Waals surface area contributed by atoms with E-state index in [1.165, 1.54) is 7.11 Å². The van der Waals surface area contributed by atoms with Gasteiger partial charge in [-0.25, -0.2) is 0 Å². The standard InChI is InChI=1S/C15H22O3/c1-10(2)13(15(17)18-4)14(16)11(3)12-8-6-5-7-9-12/h5-11,13-14,16H,1-4H3. The first-order valence-electron chi connectivity index (χ1n) is 6.29. The molecule has 1 N–H and O–H groups in total. The van der Waals surface area contributed by atoms with Gasteiger partial charge in [-0.15, -0.1) is 0 Å². The summed E-state index contributed by atoms with van der Waals surface area (Å²) < 4.78 is 4.78. The van der Waals surface area contributed by atoms with E-state index in [1.807, 2.05) is 51.1 Å². The van der Waals surface area contributed by atoms with Gasteiger partial charge in [0.1, 0.15) is 0 Å². The second-order valence-electron chi connectivity index (χ2n) is 4.98. The molecule has 3 nitrogen and oxygen atoms in total. The van der Waals surface area contributed by atoms with Gasteiger partial charge in [-0.1, -0.05) is 51.1 Å². The monoisotopic (exact) mass is 250 g/mol. The number of aliphatic hydroxyl groups excluding tert-OH is 1. The minimum Gasteiger partial charge on any atom is -0.469 e. The van der Waals surface area contributed by atoms with E-state index in [0.29, 0.717) is 0 Å². The predicted octanol–water partition coefficient (Wildman–Crippen LogP) is 2.60. The Balaban J connectivity index is 2.90. The number of methoxy groups -OCH3 is 1. The van der Waals surface area contributed by atoms with Crippen LogP contribution >= 0.6 is 0 Å². The summed E-state index contributed by atoms with van der Waals surface area (Å²) >= 11 is 0. The lowest BCUT2D eigenvalue weighted by atomic mass is 9.81. The van der Waals surface area contributed by atoms with Gasteiger partial charge < -0.3 is 9.84 Å². The Morgan fingerprint density at radius 2 is 1.72 bits per heavy atom. The zero-order chi connectivity index (χ0) is 13.7. The van der Waals surface area contributed by atoms with Gasteiger partial charge in [0.2, 0.25) is 0 Å². The van der Waals surface area contributed by atoms with E-state index in [1.54, 1.807) is 0 Å². The van der Waals surface area contributed by atoms with Crippen molar-refractivity contribution in [3.05, 3.63) is 35.9 Å². The van der Waals surface area contributed by atoms with Crippen LogP contribution in [-0.2, 0) is 9.53 Å². The van der Waals surface area contributed by atoms with Gasteiger partial charge in [0.05, 0.1) is 19.1 Å². The number of carbonyl (C=O) groups excluding carboxylic acids is 1. The van der Waals surface area contributed by atoms with Crippen molar-refractivity contribution in [1.82, 2.24) is 0 Å². The van der Waals surface area contributed by atoms with E-state index in [9.17, 15) is 9.90 Å². The van der Waals surface area contributed by atoms with Crippen LogP contribution in [0, 0.1) is 11.8 Å². The highest BCUT2D eigenvalue weighted by atomic mass is 16.5. The molecule has 0 fully saturated rings. The highest BCUT2D eigenvalue weighted by molar-refractivity contribution is 5.73. The summed E-state index contributed by atoms with van der Waals surface area (Å²) in [7, 11) is 1.36. The summed E-state index contributed by atoms with van der Waals surface area (Å²) in [5.74, 6) is -0.901. The summed E-state index contributed by atoms with van der Waals surface area (Å²) in [6, 6.07) is 9.72. The number of esters is 1. The summed E-state index contributed by atoms with van der Waals surface area (Å²) in [6.45, 7) is 5.77. The van der Waals surface area contributed by atoms with Crippen molar-refractivity contribution in [1.29, 1.82) is 0 Å². The van der Waals surface area contributed by atoms with Crippen molar-refractivity contribution in [3.8, 4) is 0 Å². The molecule has 3 heteroatoms. The molecule has 0 amide bonds. The van der Waals surface area contributed by atoms with Crippen LogP contribution in [0.5, 0.6) is 0 Å². The number of rotatable bonds is 5. The maximum atomic E-state index is 11.7. The first-order chi connectivity index (χ1) is 8.49. The maximum Gasteiger partial charge on any atom is 0.311 e. The Morgan fingerprint density at radius 1 is 1.17 bits per heavy atom. The summed E-state index contributed by atoms with van der Waals surface area (Å²) in [6.07, 6.45) is -0.736. The highest BCUT2D eigenvalue weighted by Gasteiger charge is 2.34. The van der Waals surface area contributed by atoms with Crippen molar-refractivity contribution in [2.45, 2.75) is 32.8 Å². The molecule has 0 aliphatic heterocycles. The fraction of sp³-hybridized carbons (Fsp3) is 0.533. The SMILES string of the molecule is COC(=O)C(C(C)C)C(O)C(C)c1ccccc1. The number of hydrogen-bond acceptors (Lipinski definition) is 3. The fourth-order valence-electron chi connectivity index (χ4n) is 2.21. The van der Waals surface area contributed by atoms with E-state index >= 15 is 0 Å². The van der Waals surface area contributed by atoms with Gasteiger partial charge in [0, 0.05) is 5.92 Å². The lowest BCUT2D eigenvalue weighted by Crippen LogP contribution is -2.36. The number of benzene rings is 1. The van der Waals surface area contributed by atoms with Crippen molar-refractivity contribution < 1.29 is 14.6 Å². The molecule has 1 rings (SSSR count). The molecule has 1 aromatic carbocycles. The molecular weight excluding hydrogens is 228 g/mol. The Bertz CT molecular complexity index is 373. The second kappa shape index (κ2) is 6.55. The molecule has 0 aliphatic carbocycles. The zero-order valence-electron chi connectivity index (χ0n) is 11.5. The van der Waals surface area contributed by atoms with E-state index < -0.39 is 12.0 Å². The van der Waals surface area contributed by atoms with Crippen LogP contribution in [0.3, 0.4) is 0 Å². The van der Waals surface area contributed by atoms with Crippen LogP contribution in [0.2, 0.25) is 0 Å². The zero-order valence-corrected chi connectivity index (χ0v) is 11.5. The van der Waals surface area contributed by atoms with Gasteiger partial charge in [-0.05, 0) is 11.5 Å². The molecule has 100 valence electrons. The van der Waals surface area contributed by atoms with Crippen molar-refractivity contribution >= 4 is 5.97 Å². The minimum absolute atomic E-state index is 0.0404. The molecule has 3 atom stereocenters. The average molecular weight is 250 g/mol. The molecule has 3 unspecified atom stereocenters. The van der Waals surface area contributed by atoms with Gasteiger partial charge in [-0.2, -0.15) is 0 Å². The summed E-state index contributed by atoms with van der Waals surface area (Å²) in [5, 5.41) is 10.4. The predicted molar refractivity (Wildman–Crippen MR) is 71.2 cm³/mol. The van der Waals surface area contributed by atoms with Crippen LogP contribution in [0.15, 0.2) is 30.3 Å². The number of carbonyl (C=O) groups is 1. The van der Waals surface area contributed by atoms with Gasteiger partial charge in [-0.3, -0.25) is 4.79 Å². The van der Waals surface area contributed by atoms with E-state index in [0.717, 1.165) is 5.56 Å². The van der Waals surface area contributed by atoms with Crippen LogP contribution in [0.1, 0.15) is 32.3 Å². The first-order valence-corrected chi connectivity index (χ1v) is 6.29. The molecule has 0 aromatic heterocycles. The van der Waals surface area contributed by atoms with E-state index in [-0.39, 0.29) is 17.8 Å². The molecule has 0 saturated carbocycles. The summed E-state index contributed by atoms with van der Waals surface area (Å²) in [5.41, 5.74) is 1.03. The van der Waals surface area contributed by atoms with E-state index in [2.05, 4.69) is 0 Å². The fourth-order valence-corrected chi connectivity index (χ4v) is 2.21. The Hall–Kier alpha value is -1.35. The molecule has 1 aromatic rings. The maximum absolute atomic E-state index is 11.7. The Morgan fingerprint density at radius 3 is 2.17 bits per heavy atom. The van der Waals surface area contributed by atoms with Crippen LogP contribution < -0.4 is 0 Å². The van der Waals surface area contributed by atoms with E-state index in [4.69, 9.17) is 4.74 Å². The normalized spacial score (nSPS) is 16.1. The molecule has 18 heavy (non-hydrogen) atoms. The molecule has 0 radical (unpaired) electrons. The molecular formula is C15H22O3. The van der Waals surface area contributed by atoms with Crippen molar-refractivity contribution in [2.24, 2.45) is 11.8 Å². The molecule has 0 bridgehead atoms. The van der Waals surface area contributed by atoms with Gasteiger partial charge in [0.15, 0.2) is 0 Å². The largest absolute Gasteiger partial charge is 0.469 e. The van der Waals surface area contributed by atoms with Crippen LogP contribution in [0.25, 0.3) is 0 Å². The lowest BCUT2D eigenvalue weighted by molar-refractivity contribution is -0.152. The highest BCUT2D eigenvalue weighted by Crippen LogP contribution is 2.28. The van der Waals surface area contributed by atoms with Crippen LogP contribution in [-0.4, -0.2) is 24.3 Å². The topological polar surface area (TPSA) is 46.5 Å². The Kier molecular flexibility index (Phi) is 5.35. The Labute approximate surface area is 109 Å². The third-order valence-corrected chi connectivity index (χ3v) is 3.40. The third kappa shape index (κ3) is 3.33. The number of hydrogen-bond donors (Lipinski definition) is 1. The second-order valence-corrected chi connectivity index (χ2v) is 4.98. The summed E-state index contributed by atoms with van der Waals surface area (Å²) in [4.78, 5) is 11.7. The van der Waals surface area contributed by atoms with Crippen LogP contribution in [0.4, 0.5) is 0 Å². The minimum atomic E-state index is -0.736. The lowest BCUT2D eigenvalue weighted by Gasteiger charge is -2.28. The van der Waals surface area contributed by atoms with Gasteiger partial charge >= 0.3 is 5.97 Å². The molecule has 0 heterocycles. The molecule has 0 spiro atoms. The van der Waals surface area contributed by atoms with Crippen molar-refractivity contribution in [2.75, 3.05) is 7.11 Å². The first kappa shape index (κ1) is 14.7. The average Bonchev–Trinajstić information content (AvgIpc) is 2.38. The van der Waals surface area contributed by atoms with Gasteiger partial charge in [0.25, 0.3) is 0 Å². The molecule has 0 aliphatic rings. The molecule has 0 saturated heterocycles.